The molecule has 3 nitrogen and oxygen atoms in total. The van der Waals surface area contributed by atoms with E-state index in [9.17, 15) is 0 Å². The van der Waals surface area contributed by atoms with Gasteiger partial charge < -0.3 is 14.4 Å². The van der Waals surface area contributed by atoms with Crippen molar-refractivity contribution in [3.8, 4) is 39.1 Å². The zero-order chi connectivity index (χ0) is 49.0. The minimum Gasteiger partial charge on any atom is -0.323 e. The zero-order valence-electron chi connectivity index (χ0n) is 40.6. The van der Waals surface area contributed by atoms with Crippen molar-refractivity contribution >= 4 is 61.0 Å². The van der Waals surface area contributed by atoms with Crippen molar-refractivity contribution in [3.63, 3.8) is 0 Å². The minimum absolute atomic E-state index is 0.818. The molecule has 12 aromatic carbocycles. The molecule has 0 bridgehead atoms. The highest BCUT2D eigenvalue weighted by Gasteiger charge is 2.50. The molecule has 0 aliphatic heterocycles. The monoisotopic (exact) mass is 943 g/mol. The van der Waals surface area contributed by atoms with Crippen LogP contribution in [0.2, 0.25) is 0 Å². The summed E-state index contributed by atoms with van der Waals surface area (Å²) in [6, 6.07) is 109. The Morgan fingerprint density at radius 3 is 1.66 bits per heavy atom. The predicted molar refractivity (Wildman–Crippen MR) is 311 cm³/mol. The predicted octanol–water partition coefficient (Wildman–Crippen LogP) is 18.9. The number of rotatable bonds is 10. The van der Waals surface area contributed by atoms with Crippen LogP contribution in [0.5, 0.6) is 0 Å². The molecule has 1 atom stereocenters. The molecular formula is C71H49N3. The highest BCUT2D eigenvalue weighted by Crippen LogP contribution is 2.59. The molecule has 1 aromatic heterocycles. The maximum absolute atomic E-state index is 2.60. The summed E-state index contributed by atoms with van der Waals surface area (Å²) in [5.41, 5.74) is 18.8. The molecule has 0 N–H and O–H groups in total. The van der Waals surface area contributed by atoms with Crippen molar-refractivity contribution in [1.29, 1.82) is 0 Å². The van der Waals surface area contributed by atoms with Gasteiger partial charge in [0.15, 0.2) is 0 Å². The molecular weight excluding hydrogens is 895 g/mol. The Balaban J connectivity index is 1.06. The molecule has 0 saturated carbocycles. The third-order valence-electron chi connectivity index (χ3n) is 15.2. The van der Waals surface area contributed by atoms with Crippen LogP contribution >= 0.6 is 0 Å². The Kier molecular flexibility index (Phi) is 10.4. The number of hydrogen-bond donors (Lipinski definition) is 0. The van der Waals surface area contributed by atoms with E-state index >= 15 is 0 Å². The summed E-state index contributed by atoms with van der Waals surface area (Å²) in [6.45, 7) is 0. The smallest absolute Gasteiger partial charge is 0.122 e. The minimum atomic E-state index is -0.818. The van der Waals surface area contributed by atoms with Crippen molar-refractivity contribution in [1.82, 2.24) is 4.57 Å². The van der Waals surface area contributed by atoms with E-state index in [1.807, 2.05) is 0 Å². The van der Waals surface area contributed by atoms with Gasteiger partial charge in [0.25, 0.3) is 0 Å². The van der Waals surface area contributed by atoms with E-state index in [0.29, 0.717) is 0 Å². The van der Waals surface area contributed by atoms with Crippen LogP contribution in [0.25, 0.3) is 71.6 Å². The van der Waals surface area contributed by atoms with Crippen LogP contribution < -0.4 is 9.80 Å². The summed E-state index contributed by atoms with van der Waals surface area (Å²) in [5, 5.41) is 4.78. The zero-order valence-corrected chi connectivity index (χ0v) is 40.6. The van der Waals surface area contributed by atoms with Gasteiger partial charge >= 0.3 is 0 Å². The van der Waals surface area contributed by atoms with Gasteiger partial charge in [-0.15, -0.1) is 0 Å². The van der Waals surface area contributed by atoms with Crippen molar-refractivity contribution in [3.05, 3.63) is 314 Å². The molecule has 0 saturated heterocycles. The van der Waals surface area contributed by atoms with Crippen LogP contribution in [-0.4, -0.2) is 4.57 Å². The van der Waals surface area contributed by atoms with E-state index in [-0.39, 0.29) is 0 Å². The van der Waals surface area contributed by atoms with Gasteiger partial charge in [-0.1, -0.05) is 231 Å². The molecule has 0 spiro atoms. The molecule has 14 rings (SSSR count). The SMILES string of the molecule is c1ccc(-c2cccc(N(c3ccccc3)C3(c4ccccc4)c4ccccc4-c4ccc(N(c5ccc6c7ccccc7n(-c7ccccc7-c7ccccc7)c6c5)c5cccc6ccccc56)cc43)c2)cc1. The molecule has 1 aliphatic carbocycles. The lowest BCUT2D eigenvalue weighted by Crippen LogP contribution is -2.44. The summed E-state index contributed by atoms with van der Waals surface area (Å²) in [5.74, 6) is 0. The van der Waals surface area contributed by atoms with Gasteiger partial charge in [-0.2, -0.15) is 0 Å². The first-order chi connectivity index (χ1) is 36.7. The van der Waals surface area contributed by atoms with Gasteiger partial charge in [-0.3, -0.25) is 0 Å². The molecule has 0 amide bonds. The lowest BCUT2D eigenvalue weighted by Gasteiger charge is -2.45. The maximum atomic E-state index is 2.60. The van der Waals surface area contributed by atoms with Gasteiger partial charge in [0, 0.05) is 44.5 Å². The molecule has 0 radical (unpaired) electrons. The van der Waals surface area contributed by atoms with E-state index in [0.717, 1.165) is 45.2 Å². The van der Waals surface area contributed by atoms with Gasteiger partial charge in [0.1, 0.15) is 5.54 Å². The Bertz CT molecular complexity index is 4200. The van der Waals surface area contributed by atoms with Crippen molar-refractivity contribution in [2.24, 2.45) is 0 Å². The largest absolute Gasteiger partial charge is 0.323 e. The fourth-order valence-corrected chi connectivity index (χ4v) is 12.0. The summed E-state index contributed by atoms with van der Waals surface area (Å²) >= 11 is 0. The fourth-order valence-electron chi connectivity index (χ4n) is 12.0. The number of hydrogen-bond acceptors (Lipinski definition) is 2. The van der Waals surface area contributed by atoms with Crippen molar-refractivity contribution in [2.75, 3.05) is 9.80 Å². The first-order valence-corrected chi connectivity index (χ1v) is 25.5. The second-order valence-electron chi connectivity index (χ2n) is 19.2. The Labute approximate surface area is 431 Å². The molecule has 13 aromatic rings. The number of aromatic nitrogens is 1. The van der Waals surface area contributed by atoms with Crippen LogP contribution in [0.1, 0.15) is 16.7 Å². The number of nitrogens with zero attached hydrogens (tertiary/aromatic N) is 3. The molecule has 348 valence electrons. The summed E-state index contributed by atoms with van der Waals surface area (Å²) < 4.78 is 2.47. The van der Waals surface area contributed by atoms with Crippen LogP contribution in [-0.2, 0) is 5.54 Å². The highest BCUT2D eigenvalue weighted by atomic mass is 15.2. The lowest BCUT2D eigenvalue weighted by atomic mass is 9.78. The third-order valence-corrected chi connectivity index (χ3v) is 15.2. The van der Waals surface area contributed by atoms with E-state index in [4.69, 9.17) is 0 Å². The molecule has 3 heteroatoms. The van der Waals surface area contributed by atoms with E-state index in [2.05, 4.69) is 312 Å². The molecule has 1 heterocycles. The average Bonchev–Trinajstić information content (AvgIpc) is 4.04. The third kappa shape index (κ3) is 6.89. The summed E-state index contributed by atoms with van der Waals surface area (Å²) in [7, 11) is 0. The first-order valence-electron chi connectivity index (χ1n) is 25.5. The summed E-state index contributed by atoms with van der Waals surface area (Å²) in [4.78, 5) is 5.09. The van der Waals surface area contributed by atoms with Gasteiger partial charge in [0.2, 0.25) is 0 Å². The standard InChI is InChI=1S/C71H49N3/c1-5-23-50(24-6-1)53-29-21-34-58(47-53)74(55-32-11-4-12-33-55)71(54-30-9-3-10-31-54)65-39-18-15-37-61(65)62-45-43-56(48-66(62)71)72(67-42-22-28-52-27-13-14-35-59(52)67)57-44-46-64-63-38-17-20-41-69(63)73(70(64)49-57)68-40-19-16-36-60(68)51-25-7-2-8-26-51/h1-49H. The quantitative estimate of drug-likeness (QED) is 0.135. The molecule has 74 heavy (non-hydrogen) atoms. The number of anilines is 5. The fraction of sp³-hybridized carbons (Fsp3) is 0.0141. The van der Waals surface area contributed by atoms with Crippen LogP contribution in [0.4, 0.5) is 28.4 Å². The molecule has 0 fully saturated rings. The second kappa shape index (κ2) is 17.9. The molecule has 1 unspecified atom stereocenters. The van der Waals surface area contributed by atoms with Gasteiger partial charge in [-0.25, -0.2) is 0 Å². The highest BCUT2D eigenvalue weighted by molar-refractivity contribution is 6.11. The van der Waals surface area contributed by atoms with Gasteiger partial charge in [-0.05, 0) is 117 Å². The molecule has 1 aliphatic rings. The average molecular weight is 944 g/mol. The van der Waals surface area contributed by atoms with E-state index in [1.54, 1.807) is 0 Å². The van der Waals surface area contributed by atoms with Crippen molar-refractivity contribution in [2.45, 2.75) is 5.54 Å². The lowest BCUT2D eigenvalue weighted by molar-refractivity contribution is 0.644. The Morgan fingerprint density at radius 2 is 0.851 bits per heavy atom. The van der Waals surface area contributed by atoms with Crippen LogP contribution in [0, 0.1) is 0 Å². The number of para-hydroxylation sites is 3. The topological polar surface area (TPSA) is 11.4 Å². The maximum Gasteiger partial charge on any atom is 0.122 e. The van der Waals surface area contributed by atoms with E-state index < -0.39 is 5.54 Å². The Hall–Kier alpha value is -9.70. The van der Waals surface area contributed by atoms with Gasteiger partial charge in [0.05, 0.1) is 22.4 Å². The Morgan fingerprint density at radius 1 is 0.297 bits per heavy atom. The number of fused-ring (bicyclic) bond motifs is 7. The van der Waals surface area contributed by atoms with E-state index in [1.165, 1.54) is 71.6 Å². The first kappa shape index (κ1) is 43.1. The second-order valence-corrected chi connectivity index (χ2v) is 19.2. The van der Waals surface area contributed by atoms with Crippen LogP contribution in [0.3, 0.4) is 0 Å². The summed E-state index contributed by atoms with van der Waals surface area (Å²) in [6.07, 6.45) is 0. The van der Waals surface area contributed by atoms with Crippen molar-refractivity contribution < 1.29 is 0 Å². The number of benzene rings is 12. The normalized spacial score (nSPS) is 13.7. The van der Waals surface area contributed by atoms with Crippen LogP contribution in [0.15, 0.2) is 297 Å².